The first kappa shape index (κ1) is 13.5. The molecule has 1 aromatic heterocycles. The minimum atomic E-state index is -4.66. The molecule has 2 rings (SSSR count). The van der Waals surface area contributed by atoms with Crippen molar-refractivity contribution in [2.45, 2.75) is 19.1 Å². The van der Waals surface area contributed by atoms with Crippen LogP contribution in [0, 0.1) is 5.82 Å². The summed E-state index contributed by atoms with van der Waals surface area (Å²) in [7, 11) is 0. The molecule has 19 heavy (non-hydrogen) atoms. The fraction of sp³-hybridized carbons (Fsp3) is 0.250. The number of hydrogen-bond acceptors (Lipinski definition) is 2. The van der Waals surface area contributed by atoms with Crippen LogP contribution in [-0.2, 0) is 6.18 Å². The number of para-hydroxylation sites is 1. The van der Waals surface area contributed by atoms with Crippen LogP contribution in [0.4, 0.5) is 17.6 Å². The van der Waals surface area contributed by atoms with Gasteiger partial charge in [0.25, 0.3) is 0 Å². The van der Waals surface area contributed by atoms with Crippen LogP contribution in [0.1, 0.15) is 24.2 Å². The van der Waals surface area contributed by atoms with E-state index in [0.29, 0.717) is 4.68 Å². The Bertz CT molecular complexity index is 587. The van der Waals surface area contributed by atoms with Crippen LogP contribution in [0.25, 0.3) is 5.69 Å². The molecular formula is C12H11F4N3. The van der Waals surface area contributed by atoms with Crippen molar-refractivity contribution in [1.82, 2.24) is 9.78 Å². The zero-order valence-corrected chi connectivity index (χ0v) is 9.95. The van der Waals surface area contributed by atoms with Gasteiger partial charge in [-0.3, -0.25) is 0 Å². The molecule has 0 aliphatic heterocycles. The SMILES string of the molecule is CC(N)c1cnn(-c2ccccc2F)c1C(F)(F)F. The first-order valence-electron chi connectivity index (χ1n) is 5.48. The smallest absolute Gasteiger partial charge is 0.324 e. The maximum absolute atomic E-state index is 13.6. The lowest BCUT2D eigenvalue weighted by molar-refractivity contribution is -0.143. The highest BCUT2D eigenvalue weighted by Gasteiger charge is 2.39. The van der Waals surface area contributed by atoms with Crippen molar-refractivity contribution in [3.05, 3.63) is 47.5 Å². The van der Waals surface area contributed by atoms with Gasteiger partial charge in [-0.25, -0.2) is 9.07 Å². The van der Waals surface area contributed by atoms with E-state index in [1.54, 1.807) is 0 Å². The quantitative estimate of drug-likeness (QED) is 0.855. The van der Waals surface area contributed by atoms with Crippen molar-refractivity contribution in [2.75, 3.05) is 0 Å². The Kier molecular flexibility index (Phi) is 3.32. The molecule has 1 atom stereocenters. The minimum absolute atomic E-state index is 0.171. The van der Waals surface area contributed by atoms with Gasteiger partial charge in [0.15, 0.2) is 5.69 Å². The zero-order valence-electron chi connectivity index (χ0n) is 9.95. The molecule has 0 fully saturated rings. The van der Waals surface area contributed by atoms with Crippen molar-refractivity contribution in [3.8, 4) is 5.69 Å². The lowest BCUT2D eigenvalue weighted by Gasteiger charge is -2.14. The Hall–Kier alpha value is -1.89. The lowest BCUT2D eigenvalue weighted by Crippen LogP contribution is -2.19. The van der Waals surface area contributed by atoms with Gasteiger partial charge >= 0.3 is 6.18 Å². The van der Waals surface area contributed by atoms with Gasteiger partial charge in [0.2, 0.25) is 0 Å². The predicted octanol–water partition coefficient (Wildman–Crippen LogP) is 3.05. The van der Waals surface area contributed by atoms with Crippen molar-refractivity contribution in [2.24, 2.45) is 5.73 Å². The maximum Gasteiger partial charge on any atom is 0.433 e. The summed E-state index contributed by atoms with van der Waals surface area (Å²) in [4.78, 5) is 0. The lowest BCUT2D eigenvalue weighted by atomic mass is 10.1. The first-order valence-corrected chi connectivity index (χ1v) is 5.48. The monoisotopic (exact) mass is 273 g/mol. The van der Waals surface area contributed by atoms with Crippen LogP contribution in [0.5, 0.6) is 0 Å². The fourth-order valence-electron chi connectivity index (χ4n) is 1.78. The molecule has 2 N–H and O–H groups in total. The molecule has 0 aliphatic carbocycles. The summed E-state index contributed by atoms with van der Waals surface area (Å²) in [5, 5.41) is 3.61. The van der Waals surface area contributed by atoms with E-state index in [1.807, 2.05) is 0 Å². The summed E-state index contributed by atoms with van der Waals surface area (Å²) in [6.07, 6.45) is -3.65. The molecule has 2 aromatic rings. The molecule has 0 aliphatic rings. The summed E-state index contributed by atoms with van der Waals surface area (Å²) < 4.78 is 53.4. The Morgan fingerprint density at radius 3 is 2.42 bits per heavy atom. The standard InChI is InChI=1S/C12H11F4N3/c1-7(17)8-6-18-19(11(8)12(14,15)16)10-5-3-2-4-9(10)13/h2-7H,17H2,1H3. The van der Waals surface area contributed by atoms with Crippen LogP contribution < -0.4 is 5.73 Å². The molecule has 1 heterocycles. The third-order valence-corrected chi connectivity index (χ3v) is 2.64. The van der Waals surface area contributed by atoms with Crippen molar-refractivity contribution in [3.63, 3.8) is 0 Å². The highest BCUT2D eigenvalue weighted by Crippen LogP contribution is 2.35. The molecule has 7 heteroatoms. The van der Waals surface area contributed by atoms with E-state index in [1.165, 1.54) is 25.1 Å². The van der Waals surface area contributed by atoms with E-state index in [-0.39, 0.29) is 11.3 Å². The van der Waals surface area contributed by atoms with E-state index >= 15 is 0 Å². The summed E-state index contributed by atoms with van der Waals surface area (Å²) >= 11 is 0. The number of nitrogens with two attached hydrogens (primary N) is 1. The fourth-order valence-corrected chi connectivity index (χ4v) is 1.78. The van der Waals surface area contributed by atoms with Gasteiger partial charge in [0.05, 0.1) is 6.20 Å². The van der Waals surface area contributed by atoms with Gasteiger partial charge in [-0.05, 0) is 19.1 Å². The zero-order chi connectivity index (χ0) is 14.2. The highest BCUT2D eigenvalue weighted by atomic mass is 19.4. The van der Waals surface area contributed by atoms with Crippen LogP contribution in [-0.4, -0.2) is 9.78 Å². The van der Waals surface area contributed by atoms with Gasteiger partial charge in [-0.1, -0.05) is 12.1 Å². The van der Waals surface area contributed by atoms with Crippen LogP contribution in [0.15, 0.2) is 30.5 Å². The van der Waals surface area contributed by atoms with E-state index in [9.17, 15) is 17.6 Å². The van der Waals surface area contributed by atoms with Gasteiger partial charge in [-0.15, -0.1) is 0 Å². The summed E-state index contributed by atoms with van der Waals surface area (Å²) in [6, 6.07) is 4.27. The van der Waals surface area contributed by atoms with Gasteiger partial charge < -0.3 is 5.73 Å². The molecule has 0 amide bonds. The normalized spacial score (nSPS) is 13.6. The largest absolute Gasteiger partial charge is 0.433 e. The molecule has 0 radical (unpaired) electrons. The third-order valence-electron chi connectivity index (χ3n) is 2.64. The maximum atomic E-state index is 13.6. The summed E-state index contributed by atoms with van der Waals surface area (Å²) in [5.74, 6) is -0.785. The number of benzene rings is 1. The molecule has 0 saturated carbocycles. The number of hydrogen-bond donors (Lipinski definition) is 1. The Balaban J connectivity index is 2.69. The molecule has 1 aromatic carbocycles. The minimum Gasteiger partial charge on any atom is -0.324 e. The van der Waals surface area contributed by atoms with Crippen LogP contribution >= 0.6 is 0 Å². The number of halogens is 4. The van der Waals surface area contributed by atoms with Crippen molar-refractivity contribution < 1.29 is 17.6 Å². The summed E-state index contributed by atoms with van der Waals surface area (Å²) in [5.41, 5.74) is 4.01. The van der Waals surface area contributed by atoms with Crippen molar-refractivity contribution >= 4 is 0 Å². The number of aromatic nitrogens is 2. The van der Waals surface area contributed by atoms with Crippen LogP contribution in [0.3, 0.4) is 0 Å². The van der Waals surface area contributed by atoms with Gasteiger partial charge in [0.1, 0.15) is 11.5 Å². The van der Waals surface area contributed by atoms with Gasteiger partial charge in [0, 0.05) is 11.6 Å². The number of alkyl halides is 3. The molecule has 3 nitrogen and oxygen atoms in total. The number of rotatable bonds is 2. The summed E-state index contributed by atoms with van der Waals surface area (Å²) in [6.45, 7) is 1.41. The Morgan fingerprint density at radius 1 is 1.26 bits per heavy atom. The highest BCUT2D eigenvalue weighted by molar-refractivity contribution is 5.38. The predicted molar refractivity (Wildman–Crippen MR) is 61.1 cm³/mol. The number of nitrogens with zero attached hydrogens (tertiary/aromatic N) is 2. The molecular weight excluding hydrogens is 262 g/mol. The van der Waals surface area contributed by atoms with E-state index in [4.69, 9.17) is 5.73 Å². The second-order valence-corrected chi connectivity index (χ2v) is 4.10. The second-order valence-electron chi connectivity index (χ2n) is 4.10. The molecule has 1 unspecified atom stereocenters. The van der Waals surface area contributed by atoms with Crippen molar-refractivity contribution in [1.29, 1.82) is 0 Å². The van der Waals surface area contributed by atoms with E-state index in [0.717, 1.165) is 12.3 Å². The van der Waals surface area contributed by atoms with Gasteiger partial charge in [-0.2, -0.15) is 18.3 Å². The van der Waals surface area contributed by atoms with E-state index < -0.39 is 23.7 Å². The average Bonchev–Trinajstić information content (AvgIpc) is 2.73. The van der Waals surface area contributed by atoms with Crippen LogP contribution in [0.2, 0.25) is 0 Å². The Morgan fingerprint density at radius 2 is 1.89 bits per heavy atom. The third kappa shape index (κ3) is 2.46. The topological polar surface area (TPSA) is 43.8 Å². The second kappa shape index (κ2) is 4.65. The Labute approximate surface area is 106 Å². The van der Waals surface area contributed by atoms with E-state index in [2.05, 4.69) is 5.10 Å². The molecule has 102 valence electrons. The molecule has 0 spiro atoms. The average molecular weight is 273 g/mol. The molecule has 0 bridgehead atoms. The molecule has 0 saturated heterocycles. The first-order chi connectivity index (χ1) is 8.82.